The molecule has 2 aliphatic heterocycles. The first-order chi connectivity index (χ1) is 14.4. The van der Waals surface area contributed by atoms with Gasteiger partial charge in [0.15, 0.2) is 0 Å². The number of benzene rings is 1. The maximum atomic E-state index is 13.8. The Kier molecular flexibility index (Phi) is 5.86. The van der Waals surface area contributed by atoms with Crippen molar-refractivity contribution in [2.45, 2.75) is 30.8 Å². The summed E-state index contributed by atoms with van der Waals surface area (Å²) in [5.41, 5.74) is 1.40. The van der Waals surface area contributed by atoms with Gasteiger partial charge in [-0.3, -0.25) is 14.7 Å². The van der Waals surface area contributed by atoms with Crippen molar-refractivity contribution in [3.05, 3.63) is 59.7 Å². The van der Waals surface area contributed by atoms with Gasteiger partial charge in [-0.15, -0.1) is 0 Å². The maximum Gasteiger partial charge on any atom is 0.243 e. The van der Waals surface area contributed by atoms with Gasteiger partial charge in [-0.1, -0.05) is 12.1 Å². The minimum absolute atomic E-state index is 0.0290. The Morgan fingerprint density at radius 1 is 1.13 bits per heavy atom. The third-order valence-electron chi connectivity index (χ3n) is 5.86. The number of hydrogen-bond acceptors (Lipinski definition) is 5. The smallest absolute Gasteiger partial charge is 0.243 e. The van der Waals surface area contributed by atoms with Crippen molar-refractivity contribution >= 4 is 15.9 Å². The van der Waals surface area contributed by atoms with Gasteiger partial charge in [-0.25, -0.2) is 12.8 Å². The fourth-order valence-corrected chi connectivity index (χ4v) is 5.50. The molecule has 1 unspecified atom stereocenters. The van der Waals surface area contributed by atoms with Crippen molar-refractivity contribution in [3.8, 4) is 0 Å². The van der Waals surface area contributed by atoms with Gasteiger partial charge in [0.2, 0.25) is 15.9 Å². The molecule has 0 radical (unpaired) electrons. The van der Waals surface area contributed by atoms with Crippen LogP contribution in [0.15, 0.2) is 47.6 Å². The molecule has 0 saturated carbocycles. The molecule has 0 bridgehead atoms. The first kappa shape index (κ1) is 20.9. The summed E-state index contributed by atoms with van der Waals surface area (Å²) >= 11 is 0. The van der Waals surface area contributed by atoms with Crippen molar-refractivity contribution in [3.63, 3.8) is 0 Å². The van der Waals surface area contributed by atoms with Crippen LogP contribution in [0, 0.1) is 12.7 Å². The van der Waals surface area contributed by atoms with Crippen LogP contribution in [0.25, 0.3) is 0 Å². The quantitative estimate of drug-likeness (QED) is 0.718. The fourth-order valence-electron chi connectivity index (χ4n) is 4.07. The Labute approximate surface area is 176 Å². The Morgan fingerprint density at radius 3 is 2.57 bits per heavy atom. The lowest BCUT2D eigenvalue weighted by molar-refractivity contribution is -0.133. The first-order valence-electron chi connectivity index (χ1n) is 10.0. The van der Waals surface area contributed by atoms with Crippen LogP contribution in [0.2, 0.25) is 0 Å². The van der Waals surface area contributed by atoms with E-state index in [0.717, 1.165) is 18.1 Å². The van der Waals surface area contributed by atoms with Crippen LogP contribution in [-0.4, -0.2) is 72.2 Å². The summed E-state index contributed by atoms with van der Waals surface area (Å²) in [6.07, 6.45) is 4.20. The van der Waals surface area contributed by atoms with Crippen LogP contribution < -0.4 is 0 Å². The average molecular weight is 433 g/mol. The fraction of sp³-hybridized carbons (Fsp3) is 0.429. The molecule has 2 saturated heterocycles. The number of piperazine rings is 1. The molecule has 30 heavy (non-hydrogen) atoms. The third-order valence-corrected chi connectivity index (χ3v) is 7.76. The van der Waals surface area contributed by atoms with Crippen LogP contribution in [-0.2, 0) is 21.4 Å². The molecule has 1 aromatic heterocycles. The summed E-state index contributed by atoms with van der Waals surface area (Å²) in [7, 11) is -3.75. The minimum Gasteiger partial charge on any atom is -0.337 e. The number of carbonyl (C=O) groups is 1. The van der Waals surface area contributed by atoms with E-state index in [2.05, 4.69) is 9.88 Å². The second kappa shape index (κ2) is 8.41. The Bertz CT molecular complexity index is 1020. The number of amides is 1. The van der Waals surface area contributed by atoms with E-state index in [4.69, 9.17) is 0 Å². The molecule has 3 heterocycles. The van der Waals surface area contributed by atoms with E-state index >= 15 is 0 Å². The molecule has 1 amide bonds. The highest BCUT2D eigenvalue weighted by atomic mass is 32.2. The lowest BCUT2D eigenvalue weighted by atomic mass is 10.2. The highest BCUT2D eigenvalue weighted by molar-refractivity contribution is 7.89. The van der Waals surface area contributed by atoms with Crippen LogP contribution in [0.4, 0.5) is 4.39 Å². The zero-order valence-corrected chi connectivity index (χ0v) is 17.7. The minimum atomic E-state index is -3.75. The Hall–Kier alpha value is -2.36. The topological polar surface area (TPSA) is 73.8 Å². The van der Waals surface area contributed by atoms with E-state index in [1.807, 2.05) is 17.0 Å². The molecule has 7 nitrogen and oxygen atoms in total. The molecule has 1 atom stereocenters. The summed E-state index contributed by atoms with van der Waals surface area (Å²) in [6, 6.07) is 7.58. The van der Waals surface area contributed by atoms with Gasteiger partial charge in [-0.05, 0) is 42.7 Å². The standard InChI is InChI=1S/C21H25FN4O3S/c1-16-4-5-18(13-19(16)22)30(28,29)26-11-9-24(10-12-26)20-6-8-25(21(20)27)15-17-3-2-7-23-14-17/h2-5,7,13-14,20H,6,8-12,15H2,1H3. The second-order valence-corrected chi connectivity index (χ2v) is 9.71. The van der Waals surface area contributed by atoms with Gasteiger partial charge in [0.05, 0.1) is 10.9 Å². The molecule has 2 fully saturated rings. The number of carbonyl (C=O) groups excluding carboxylic acids is 1. The molecule has 160 valence electrons. The molecular weight excluding hydrogens is 407 g/mol. The monoisotopic (exact) mass is 432 g/mol. The first-order valence-corrected chi connectivity index (χ1v) is 11.5. The predicted molar refractivity (Wildman–Crippen MR) is 110 cm³/mol. The van der Waals surface area contributed by atoms with Gasteiger partial charge in [0, 0.05) is 51.7 Å². The zero-order valence-electron chi connectivity index (χ0n) is 16.9. The third kappa shape index (κ3) is 4.10. The predicted octanol–water partition coefficient (Wildman–Crippen LogP) is 1.64. The second-order valence-electron chi connectivity index (χ2n) is 7.78. The Morgan fingerprint density at radius 2 is 1.90 bits per heavy atom. The van der Waals surface area contributed by atoms with Crippen LogP contribution in [0.5, 0.6) is 0 Å². The number of hydrogen-bond donors (Lipinski definition) is 0. The van der Waals surface area contributed by atoms with Gasteiger partial charge in [0.1, 0.15) is 5.82 Å². The van der Waals surface area contributed by atoms with Crippen molar-refractivity contribution < 1.29 is 17.6 Å². The van der Waals surface area contributed by atoms with E-state index in [1.54, 1.807) is 19.3 Å². The molecule has 0 aliphatic carbocycles. The number of pyridine rings is 1. The number of rotatable bonds is 5. The van der Waals surface area contributed by atoms with Crippen LogP contribution >= 0.6 is 0 Å². The summed E-state index contributed by atoms with van der Waals surface area (Å²) in [6.45, 7) is 4.33. The number of likely N-dealkylation sites (tertiary alicyclic amines) is 1. The highest BCUT2D eigenvalue weighted by Gasteiger charge is 2.38. The summed E-state index contributed by atoms with van der Waals surface area (Å²) < 4.78 is 40.9. The summed E-state index contributed by atoms with van der Waals surface area (Å²) in [5, 5.41) is 0. The molecule has 4 rings (SSSR count). The molecular formula is C21H25FN4O3S. The molecule has 9 heteroatoms. The molecule has 2 aromatic rings. The van der Waals surface area contributed by atoms with E-state index in [-0.39, 0.29) is 29.9 Å². The van der Waals surface area contributed by atoms with E-state index in [1.165, 1.54) is 16.4 Å². The molecule has 1 aromatic carbocycles. The largest absolute Gasteiger partial charge is 0.337 e. The van der Waals surface area contributed by atoms with Crippen molar-refractivity contribution in [1.82, 2.24) is 19.1 Å². The number of aryl methyl sites for hydroxylation is 1. The summed E-state index contributed by atoms with van der Waals surface area (Å²) in [4.78, 5) is 20.8. The lowest BCUT2D eigenvalue weighted by Gasteiger charge is -2.36. The van der Waals surface area contributed by atoms with Crippen molar-refractivity contribution in [2.75, 3.05) is 32.7 Å². The number of nitrogens with zero attached hydrogens (tertiary/aromatic N) is 4. The summed E-state index contributed by atoms with van der Waals surface area (Å²) in [5.74, 6) is -0.448. The van der Waals surface area contributed by atoms with Crippen molar-refractivity contribution in [2.24, 2.45) is 0 Å². The number of halogens is 1. The number of aromatic nitrogens is 1. The van der Waals surface area contributed by atoms with E-state index in [9.17, 15) is 17.6 Å². The maximum absolute atomic E-state index is 13.8. The van der Waals surface area contributed by atoms with Gasteiger partial charge < -0.3 is 4.90 Å². The van der Waals surface area contributed by atoms with Gasteiger partial charge in [0.25, 0.3) is 0 Å². The SMILES string of the molecule is Cc1ccc(S(=O)(=O)N2CCN(C3CCN(Cc4cccnc4)C3=O)CC2)cc1F. The Balaban J connectivity index is 1.37. The zero-order chi connectivity index (χ0) is 21.3. The molecule has 0 spiro atoms. The normalized spacial score (nSPS) is 21.3. The molecule has 2 aliphatic rings. The van der Waals surface area contributed by atoms with E-state index < -0.39 is 15.8 Å². The van der Waals surface area contributed by atoms with E-state index in [0.29, 0.717) is 31.7 Å². The van der Waals surface area contributed by atoms with Crippen molar-refractivity contribution in [1.29, 1.82) is 0 Å². The van der Waals surface area contributed by atoms with Crippen LogP contribution in [0.1, 0.15) is 17.5 Å². The molecule has 0 N–H and O–H groups in total. The van der Waals surface area contributed by atoms with Gasteiger partial charge in [-0.2, -0.15) is 4.31 Å². The highest BCUT2D eigenvalue weighted by Crippen LogP contribution is 2.24. The van der Waals surface area contributed by atoms with Crippen LogP contribution in [0.3, 0.4) is 0 Å². The lowest BCUT2D eigenvalue weighted by Crippen LogP contribution is -2.53. The average Bonchev–Trinajstić information content (AvgIpc) is 3.11. The van der Waals surface area contributed by atoms with Gasteiger partial charge >= 0.3 is 0 Å². The number of sulfonamides is 1.